The first-order valence-electron chi connectivity index (χ1n) is 6.29. The van der Waals surface area contributed by atoms with Crippen molar-refractivity contribution in [1.29, 1.82) is 0 Å². The third kappa shape index (κ3) is 2.72. The van der Waals surface area contributed by atoms with Crippen molar-refractivity contribution in [3.63, 3.8) is 0 Å². The molecule has 0 saturated carbocycles. The van der Waals surface area contributed by atoms with Gasteiger partial charge in [-0.1, -0.05) is 18.2 Å². The van der Waals surface area contributed by atoms with Crippen molar-refractivity contribution in [2.24, 2.45) is 5.92 Å². The van der Waals surface area contributed by atoms with Crippen LogP contribution in [0.25, 0.3) is 0 Å². The van der Waals surface area contributed by atoms with Crippen molar-refractivity contribution in [2.75, 3.05) is 20.8 Å². The minimum atomic E-state index is 0.162. The Bertz CT molecular complexity index is 484. The van der Waals surface area contributed by atoms with Crippen molar-refractivity contribution >= 4 is 5.91 Å². The second-order valence-corrected chi connectivity index (χ2v) is 4.63. The van der Waals surface area contributed by atoms with E-state index in [2.05, 4.69) is 6.58 Å². The van der Waals surface area contributed by atoms with Crippen LogP contribution in [0.1, 0.15) is 12.0 Å². The molecule has 0 radical (unpaired) electrons. The van der Waals surface area contributed by atoms with Crippen LogP contribution in [0, 0.1) is 5.92 Å². The van der Waals surface area contributed by atoms with Gasteiger partial charge in [0.15, 0.2) is 11.5 Å². The number of methoxy groups -OCH3 is 2. The molecule has 0 aromatic heterocycles. The molecular weight excluding hydrogens is 242 g/mol. The van der Waals surface area contributed by atoms with Gasteiger partial charge in [-0.2, -0.15) is 0 Å². The second-order valence-electron chi connectivity index (χ2n) is 4.63. The van der Waals surface area contributed by atoms with Crippen molar-refractivity contribution in [3.8, 4) is 11.5 Å². The number of nitrogens with zero attached hydrogens (tertiary/aromatic N) is 1. The van der Waals surface area contributed by atoms with Gasteiger partial charge in [0, 0.05) is 31.0 Å². The van der Waals surface area contributed by atoms with Crippen LogP contribution in [0.2, 0.25) is 0 Å². The standard InChI is InChI=1S/C15H19NO3/c1-4-11-8-14(17)16(9-11)10-12-6-5-7-13(18-2)15(12)19-3/h4-7,11H,1,8-10H2,2-3H3. The highest BCUT2D eigenvalue weighted by molar-refractivity contribution is 5.79. The molecule has 0 N–H and O–H groups in total. The number of hydrogen-bond acceptors (Lipinski definition) is 3. The van der Waals surface area contributed by atoms with Crippen LogP contribution in [0.5, 0.6) is 11.5 Å². The Morgan fingerprint density at radius 3 is 2.79 bits per heavy atom. The molecule has 1 atom stereocenters. The number of benzene rings is 1. The van der Waals surface area contributed by atoms with Crippen molar-refractivity contribution < 1.29 is 14.3 Å². The highest BCUT2D eigenvalue weighted by atomic mass is 16.5. The monoisotopic (exact) mass is 261 g/mol. The summed E-state index contributed by atoms with van der Waals surface area (Å²) in [5.41, 5.74) is 0.958. The van der Waals surface area contributed by atoms with Gasteiger partial charge in [0.25, 0.3) is 0 Å². The lowest BCUT2D eigenvalue weighted by Gasteiger charge is -2.19. The molecule has 1 aliphatic rings. The first-order valence-corrected chi connectivity index (χ1v) is 6.29. The molecule has 0 spiro atoms. The molecule has 2 rings (SSSR count). The molecule has 1 unspecified atom stereocenters. The fourth-order valence-corrected chi connectivity index (χ4v) is 2.40. The Labute approximate surface area is 113 Å². The average Bonchev–Trinajstić information content (AvgIpc) is 2.79. The van der Waals surface area contributed by atoms with Gasteiger partial charge < -0.3 is 14.4 Å². The predicted molar refractivity (Wildman–Crippen MR) is 73.3 cm³/mol. The minimum absolute atomic E-state index is 0.162. The molecule has 19 heavy (non-hydrogen) atoms. The van der Waals surface area contributed by atoms with Crippen molar-refractivity contribution in [3.05, 3.63) is 36.4 Å². The third-order valence-corrected chi connectivity index (χ3v) is 3.42. The van der Waals surface area contributed by atoms with Gasteiger partial charge in [0.05, 0.1) is 14.2 Å². The SMILES string of the molecule is C=CC1CC(=O)N(Cc2cccc(OC)c2OC)C1. The lowest BCUT2D eigenvalue weighted by molar-refractivity contribution is -0.128. The molecule has 1 aromatic carbocycles. The molecular formula is C15H19NO3. The Morgan fingerprint density at radius 1 is 1.42 bits per heavy atom. The summed E-state index contributed by atoms with van der Waals surface area (Å²) in [4.78, 5) is 13.7. The molecule has 4 nitrogen and oxygen atoms in total. The van der Waals surface area contributed by atoms with E-state index >= 15 is 0 Å². The minimum Gasteiger partial charge on any atom is -0.493 e. The number of amides is 1. The first-order chi connectivity index (χ1) is 9.19. The summed E-state index contributed by atoms with van der Waals surface area (Å²) in [5.74, 6) is 1.80. The van der Waals surface area contributed by atoms with Gasteiger partial charge in [-0.25, -0.2) is 0 Å². The van der Waals surface area contributed by atoms with E-state index in [-0.39, 0.29) is 11.8 Å². The zero-order valence-electron chi connectivity index (χ0n) is 11.4. The summed E-state index contributed by atoms with van der Waals surface area (Å²) in [7, 11) is 3.22. The largest absolute Gasteiger partial charge is 0.493 e. The zero-order chi connectivity index (χ0) is 13.8. The molecule has 1 amide bonds. The van der Waals surface area contributed by atoms with Crippen LogP contribution in [0.4, 0.5) is 0 Å². The quantitative estimate of drug-likeness (QED) is 0.763. The molecule has 102 valence electrons. The number of ether oxygens (including phenoxy) is 2. The van der Waals surface area contributed by atoms with Crippen molar-refractivity contribution in [2.45, 2.75) is 13.0 Å². The molecule has 1 aromatic rings. The van der Waals surface area contributed by atoms with Gasteiger partial charge in [-0.3, -0.25) is 4.79 Å². The topological polar surface area (TPSA) is 38.8 Å². The van der Waals surface area contributed by atoms with Crippen LogP contribution in [0.15, 0.2) is 30.9 Å². The normalized spacial score (nSPS) is 18.5. The maximum atomic E-state index is 11.9. The van der Waals surface area contributed by atoms with Crippen LogP contribution in [-0.2, 0) is 11.3 Å². The van der Waals surface area contributed by atoms with Crippen LogP contribution in [-0.4, -0.2) is 31.6 Å². The number of para-hydroxylation sites is 1. The number of rotatable bonds is 5. The third-order valence-electron chi connectivity index (χ3n) is 3.42. The van der Waals surface area contributed by atoms with E-state index in [0.717, 1.165) is 12.1 Å². The summed E-state index contributed by atoms with van der Waals surface area (Å²) in [6, 6.07) is 5.71. The summed E-state index contributed by atoms with van der Waals surface area (Å²) in [6.07, 6.45) is 2.40. The van der Waals surface area contributed by atoms with Gasteiger partial charge in [0.1, 0.15) is 0 Å². The summed E-state index contributed by atoms with van der Waals surface area (Å²) < 4.78 is 10.6. The predicted octanol–water partition coefficient (Wildman–Crippen LogP) is 2.24. The maximum absolute atomic E-state index is 11.9. The number of likely N-dealkylation sites (tertiary alicyclic amines) is 1. The molecule has 1 heterocycles. The Kier molecular flexibility index (Phi) is 4.10. The molecule has 1 aliphatic heterocycles. The maximum Gasteiger partial charge on any atom is 0.223 e. The fourth-order valence-electron chi connectivity index (χ4n) is 2.40. The van der Waals surface area contributed by atoms with Gasteiger partial charge >= 0.3 is 0 Å². The summed E-state index contributed by atoms with van der Waals surface area (Å²) >= 11 is 0. The second kappa shape index (κ2) is 5.78. The Hall–Kier alpha value is -1.97. The molecule has 1 saturated heterocycles. The Morgan fingerprint density at radius 2 is 2.21 bits per heavy atom. The van der Waals surface area contributed by atoms with E-state index in [4.69, 9.17) is 9.47 Å². The van der Waals surface area contributed by atoms with Crippen molar-refractivity contribution in [1.82, 2.24) is 4.90 Å². The summed E-state index contributed by atoms with van der Waals surface area (Å²) in [5, 5.41) is 0. The van der Waals surface area contributed by atoms with E-state index in [1.807, 2.05) is 29.2 Å². The molecule has 0 bridgehead atoms. The highest BCUT2D eigenvalue weighted by Gasteiger charge is 2.28. The Balaban J connectivity index is 2.19. The van der Waals surface area contributed by atoms with Gasteiger partial charge in [0.2, 0.25) is 5.91 Å². The van der Waals surface area contributed by atoms with E-state index in [1.54, 1.807) is 14.2 Å². The van der Waals surface area contributed by atoms with E-state index in [9.17, 15) is 4.79 Å². The summed E-state index contributed by atoms with van der Waals surface area (Å²) in [6.45, 7) is 5.03. The van der Waals surface area contributed by atoms with Crippen LogP contribution < -0.4 is 9.47 Å². The van der Waals surface area contributed by atoms with Crippen LogP contribution >= 0.6 is 0 Å². The van der Waals surface area contributed by atoms with E-state index in [0.29, 0.717) is 24.5 Å². The lowest BCUT2D eigenvalue weighted by Crippen LogP contribution is -2.24. The number of hydrogen-bond donors (Lipinski definition) is 0. The van der Waals surface area contributed by atoms with E-state index < -0.39 is 0 Å². The zero-order valence-corrected chi connectivity index (χ0v) is 11.4. The van der Waals surface area contributed by atoms with E-state index in [1.165, 1.54) is 0 Å². The van der Waals surface area contributed by atoms with Crippen LogP contribution in [0.3, 0.4) is 0 Å². The average molecular weight is 261 g/mol. The van der Waals surface area contributed by atoms with Gasteiger partial charge in [-0.05, 0) is 6.07 Å². The van der Waals surface area contributed by atoms with Gasteiger partial charge in [-0.15, -0.1) is 6.58 Å². The first kappa shape index (κ1) is 13.5. The highest BCUT2D eigenvalue weighted by Crippen LogP contribution is 2.32. The molecule has 0 aliphatic carbocycles. The molecule has 4 heteroatoms. The fraction of sp³-hybridized carbons (Fsp3) is 0.400. The molecule has 1 fully saturated rings. The number of carbonyl (C=O) groups is 1. The number of carbonyl (C=O) groups excluding carboxylic acids is 1. The lowest BCUT2D eigenvalue weighted by atomic mass is 10.1. The smallest absolute Gasteiger partial charge is 0.223 e.